The first kappa shape index (κ1) is 29.8. The molecule has 0 saturated heterocycles. The Balaban J connectivity index is 1.57. The second-order valence-corrected chi connectivity index (χ2v) is 12.0. The normalized spacial score (nSPS) is 14.8. The van der Waals surface area contributed by atoms with E-state index in [1.54, 1.807) is 31.6 Å². The monoisotopic (exact) mass is 666 g/mol. The van der Waals surface area contributed by atoms with Crippen LogP contribution in [-0.4, -0.2) is 24.3 Å². The standard InChI is InChI=1S/C32H28BrClN2O5S/c1-5-40-31(38)27-19(3)35-32-36(28(27)22-11-9-18(2)10-12-22)30(37)26(42-32)16-21-14-24(33)29(25(15-21)39-4)41-17-20-7-6-8-23(34)13-20/h6-16,28H,5,17H2,1-4H3/b26-16-/t28-/m0/s1. The van der Waals surface area contributed by atoms with Crippen molar-refractivity contribution in [1.29, 1.82) is 0 Å². The number of carbonyl (C=O) groups is 1. The van der Waals surface area contributed by atoms with Gasteiger partial charge in [0.25, 0.3) is 5.56 Å². The maximum absolute atomic E-state index is 13.9. The van der Waals surface area contributed by atoms with Crippen LogP contribution in [0.2, 0.25) is 5.02 Å². The summed E-state index contributed by atoms with van der Waals surface area (Å²) in [6, 6.07) is 18.2. The number of esters is 1. The predicted molar refractivity (Wildman–Crippen MR) is 168 cm³/mol. The highest BCUT2D eigenvalue weighted by Crippen LogP contribution is 2.37. The number of thiazole rings is 1. The van der Waals surface area contributed by atoms with E-state index in [9.17, 15) is 9.59 Å². The summed E-state index contributed by atoms with van der Waals surface area (Å²) in [6.45, 7) is 6.03. The van der Waals surface area contributed by atoms with Gasteiger partial charge in [-0.3, -0.25) is 9.36 Å². The quantitative estimate of drug-likeness (QED) is 0.212. The van der Waals surface area contributed by atoms with E-state index in [2.05, 4.69) is 20.9 Å². The third-order valence-electron chi connectivity index (χ3n) is 6.73. The van der Waals surface area contributed by atoms with Crippen LogP contribution in [0.1, 0.15) is 42.1 Å². The van der Waals surface area contributed by atoms with Crippen LogP contribution >= 0.6 is 38.9 Å². The average molecular weight is 668 g/mol. The van der Waals surface area contributed by atoms with Crippen molar-refractivity contribution in [3.05, 3.63) is 123 Å². The number of allylic oxidation sites excluding steroid dienone is 1. The first-order chi connectivity index (χ1) is 20.2. The van der Waals surface area contributed by atoms with Gasteiger partial charge in [0.15, 0.2) is 16.3 Å². The van der Waals surface area contributed by atoms with Crippen molar-refractivity contribution < 1.29 is 19.0 Å². The first-order valence-electron chi connectivity index (χ1n) is 13.2. The maximum Gasteiger partial charge on any atom is 0.338 e. The molecule has 0 aliphatic carbocycles. The summed E-state index contributed by atoms with van der Waals surface area (Å²) in [5, 5.41) is 0.633. The van der Waals surface area contributed by atoms with Crippen molar-refractivity contribution in [1.82, 2.24) is 4.57 Å². The minimum absolute atomic E-state index is 0.218. The van der Waals surface area contributed by atoms with Gasteiger partial charge in [-0.2, -0.15) is 0 Å². The number of ether oxygens (including phenoxy) is 3. The molecule has 3 aromatic carbocycles. The van der Waals surface area contributed by atoms with Crippen LogP contribution < -0.4 is 24.4 Å². The van der Waals surface area contributed by atoms with Crippen molar-refractivity contribution >= 4 is 50.9 Å². The van der Waals surface area contributed by atoms with Gasteiger partial charge in [0, 0.05) is 5.02 Å². The molecule has 7 nitrogen and oxygen atoms in total. The van der Waals surface area contributed by atoms with Crippen molar-refractivity contribution in [3.8, 4) is 11.5 Å². The van der Waals surface area contributed by atoms with Gasteiger partial charge < -0.3 is 14.2 Å². The highest BCUT2D eigenvalue weighted by Gasteiger charge is 2.33. The van der Waals surface area contributed by atoms with E-state index < -0.39 is 12.0 Å². The maximum atomic E-state index is 13.9. The fourth-order valence-electron chi connectivity index (χ4n) is 4.75. The highest BCUT2D eigenvalue weighted by atomic mass is 79.9. The lowest BCUT2D eigenvalue weighted by atomic mass is 9.95. The summed E-state index contributed by atoms with van der Waals surface area (Å²) in [7, 11) is 1.56. The summed E-state index contributed by atoms with van der Waals surface area (Å²) < 4.78 is 19.8. The van der Waals surface area contributed by atoms with Crippen molar-refractivity contribution in [2.24, 2.45) is 4.99 Å². The number of halogens is 2. The molecular formula is C32H28BrClN2O5S. The number of rotatable bonds is 8. The van der Waals surface area contributed by atoms with Crippen LogP contribution in [0.15, 0.2) is 86.2 Å². The number of fused-ring (bicyclic) bond motifs is 1. The second kappa shape index (κ2) is 12.7. The Kier molecular flexibility index (Phi) is 9.01. The van der Waals surface area contributed by atoms with Crippen molar-refractivity contribution in [3.63, 3.8) is 0 Å². The van der Waals surface area contributed by atoms with E-state index >= 15 is 0 Å². The lowest BCUT2D eigenvalue weighted by Gasteiger charge is -2.24. The Morgan fingerprint density at radius 2 is 1.90 bits per heavy atom. The molecule has 0 amide bonds. The number of aromatic nitrogens is 1. The molecule has 0 saturated carbocycles. The van der Waals surface area contributed by atoms with Crippen LogP contribution in [-0.2, 0) is 16.1 Å². The summed E-state index contributed by atoms with van der Waals surface area (Å²) in [5.41, 5.74) is 4.15. The SMILES string of the molecule is CCOC(=O)C1=C(C)N=c2s/c(=C\c3cc(Br)c(OCc4cccc(Cl)c4)c(OC)c3)c(=O)n2[C@H]1c1ccc(C)cc1. The second-order valence-electron chi connectivity index (χ2n) is 9.67. The molecule has 42 heavy (non-hydrogen) atoms. The molecule has 4 aromatic rings. The molecule has 0 spiro atoms. The molecule has 1 aliphatic heterocycles. The predicted octanol–water partition coefficient (Wildman–Crippen LogP) is 6.11. The van der Waals surface area contributed by atoms with Crippen LogP contribution in [0, 0.1) is 6.92 Å². The molecule has 1 aromatic heterocycles. The molecule has 0 radical (unpaired) electrons. The number of hydrogen-bond acceptors (Lipinski definition) is 7. The first-order valence-corrected chi connectivity index (χ1v) is 15.2. The Hall–Kier alpha value is -3.66. The van der Waals surface area contributed by atoms with Crippen LogP contribution in [0.4, 0.5) is 0 Å². The molecule has 1 aliphatic rings. The number of aryl methyl sites for hydroxylation is 1. The molecule has 5 rings (SSSR count). The minimum atomic E-state index is -0.661. The number of carbonyl (C=O) groups excluding carboxylic acids is 1. The summed E-state index contributed by atoms with van der Waals surface area (Å²) in [6.07, 6.45) is 1.79. The van der Waals surface area contributed by atoms with E-state index in [1.165, 1.54) is 11.3 Å². The van der Waals surface area contributed by atoms with Gasteiger partial charge in [-0.05, 0) is 83.7 Å². The van der Waals surface area contributed by atoms with Gasteiger partial charge >= 0.3 is 5.97 Å². The Morgan fingerprint density at radius 1 is 1.14 bits per heavy atom. The van der Waals surface area contributed by atoms with Crippen LogP contribution in [0.5, 0.6) is 11.5 Å². The van der Waals surface area contributed by atoms with Crippen LogP contribution in [0.25, 0.3) is 6.08 Å². The molecule has 2 heterocycles. The van der Waals surface area contributed by atoms with Crippen molar-refractivity contribution in [2.45, 2.75) is 33.4 Å². The Morgan fingerprint density at radius 3 is 2.60 bits per heavy atom. The van der Waals surface area contributed by atoms with Crippen molar-refractivity contribution in [2.75, 3.05) is 13.7 Å². The molecule has 0 bridgehead atoms. The molecule has 216 valence electrons. The lowest BCUT2D eigenvalue weighted by Crippen LogP contribution is -2.39. The van der Waals surface area contributed by atoms with E-state index in [0.29, 0.717) is 48.2 Å². The fourth-order valence-corrected chi connectivity index (χ4v) is 6.59. The molecular weight excluding hydrogens is 640 g/mol. The molecule has 0 N–H and O–H groups in total. The summed E-state index contributed by atoms with van der Waals surface area (Å²) in [5.74, 6) is 0.550. The smallest absolute Gasteiger partial charge is 0.338 e. The third-order valence-corrected chi connectivity index (χ3v) is 8.54. The zero-order valence-corrected chi connectivity index (χ0v) is 26.6. The van der Waals surface area contributed by atoms with E-state index in [4.69, 9.17) is 25.8 Å². The average Bonchev–Trinajstić information content (AvgIpc) is 3.26. The number of benzene rings is 3. The largest absolute Gasteiger partial charge is 0.493 e. The molecule has 1 atom stereocenters. The highest BCUT2D eigenvalue weighted by molar-refractivity contribution is 9.10. The number of methoxy groups -OCH3 is 1. The van der Waals surface area contributed by atoms with Gasteiger partial charge in [0.05, 0.1) is 40.0 Å². The third kappa shape index (κ3) is 6.09. The Labute approximate surface area is 260 Å². The van der Waals surface area contributed by atoms with E-state index in [-0.39, 0.29) is 12.2 Å². The number of nitrogens with zero attached hydrogens (tertiary/aromatic N) is 2. The molecule has 0 unspecified atom stereocenters. The van der Waals surface area contributed by atoms with Gasteiger partial charge in [0.1, 0.15) is 6.61 Å². The minimum Gasteiger partial charge on any atom is -0.493 e. The molecule has 10 heteroatoms. The fraction of sp³-hybridized carbons (Fsp3) is 0.219. The summed E-state index contributed by atoms with van der Waals surface area (Å²) in [4.78, 5) is 32.2. The van der Waals surface area contributed by atoms with Gasteiger partial charge in [-0.1, -0.05) is 64.9 Å². The van der Waals surface area contributed by atoms with E-state index in [0.717, 1.165) is 22.3 Å². The number of hydrogen-bond donors (Lipinski definition) is 0. The van der Waals surface area contributed by atoms with Gasteiger partial charge in [-0.15, -0.1) is 0 Å². The van der Waals surface area contributed by atoms with E-state index in [1.807, 2.05) is 67.6 Å². The lowest BCUT2D eigenvalue weighted by molar-refractivity contribution is -0.139. The zero-order chi connectivity index (χ0) is 30.0. The molecule has 0 fully saturated rings. The zero-order valence-electron chi connectivity index (χ0n) is 23.4. The Bertz CT molecular complexity index is 1880. The van der Waals surface area contributed by atoms with Crippen LogP contribution in [0.3, 0.4) is 0 Å². The summed E-state index contributed by atoms with van der Waals surface area (Å²) >= 11 is 11.0. The van der Waals surface area contributed by atoms with Gasteiger partial charge in [0.2, 0.25) is 0 Å². The van der Waals surface area contributed by atoms with Gasteiger partial charge in [-0.25, -0.2) is 9.79 Å². The topological polar surface area (TPSA) is 79.1 Å².